The second kappa shape index (κ2) is 10.9. The van der Waals surface area contributed by atoms with Gasteiger partial charge in [0.15, 0.2) is 5.96 Å². The quantitative estimate of drug-likeness (QED) is 0.328. The standard InChI is InChI=1S/C22H34N6.HI/c1-17(2)13-22(9-5-6-10-22)16-27-21(23-4)26-15-19-7-8-20(25-14-19)28-12-11-24-18(28)3;/h7-8,11-12,14,17H,5-6,9-10,13,15-16H2,1-4H3,(H2,23,26,27);1H. The summed E-state index contributed by atoms with van der Waals surface area (Å²) in [6.45, 7) is 8.34. The molecule has 0 radical (unpaired) electrons. The lowest BCUT2D eigenvalue weighted by Gasteiger charge is -2.32. The summed E-state index contributed by atoms with van der Waals surface area (Å²) in [5, 5.41) is 7.00. The van der Waals surface area contributed by atoms with Crippen molar-refractivity contribution < 1.29 is 0 Å². The summed E-state index contributed by atoms with van der Waals surface area (Å²) < 4.78 is 1.98. The zero-order valence-electron chi connectivity index (χ0n) is 18.1. The number of halogens is 1. The highest BCUT2D eigenvalue weighted by atomic mass is 127. The van der Waals surface area contributed by atoms with Crippen LogP contribution in [0, 0.1) is 18.3 Å². The molecule has 1 aliphatic rings. The topological polar surface area (TPSA) is 67.1 Å². The first-order valence-corrected chi connectivity index (χ1v) is 10.4. The van der Waals surface area contributed by atoms with Crippen LogP contribution in [0.5, 0.6) is 0 Å². The van der Waals surface area contributed by atoms with Crippen molar-refractivity contribution >= 4 is 29.9 Å². The minimum atomic E-state index is 0. The first kappa shape index (κ1) is 23.6. The first-order valence-electron chi connectivity index (χ1n) is 10.4. The Morgan fingerprint density at radius 2 is 1.97 bits per heavy atom. The maximum atomic E-state index is 4.56. The van der Waals surface area contributed by atoms with Gasteiger partial charge in [-0.2, -0.15) is 0 Å². The van der Waals surface area contributed by atoms with Crippen LogP contribution in [0.25, 0.3) is 5.82 Å². The largest absolute Gasteiger partial charge is 0.356 e. The molecule has 0 aliphatic heterocycles. The molecule has 0 atom stereocenters. The molecule has 0 saturated heterocycles. The minimum absolute atomic E-state index is 0. The number of aliphatic imine (C=N–C) groups is 1. The molecule has 1 aliphatic carbocycles. The molecular formula is C22H35IN6. The van der Waals surface area contributed by atoms with Gasteiger partial charge in [0.2, 0.25) is 0 Å². The van der Waals surface area contributed by atoms with Crippen LogP contribution in [0.15, 0.2) is 35.7 Å². The summed E-state index contributed by atoms with van der Waals surface area (Å²) in [5.74, 6) is 3.42. The van der Waals surface area contributed by atoms with Crippen LogP contribution < -0.4 is 10.6 Å². The van der Waals surface area contributed by atoms with Gasteiger partial charge in [0.1, 0.15) is 11.6 Å². The molecular weight excluding hydrogens is 475 g/mol. The second-order valence-corrected chi connectivity index (χ2v) is 8.45. The highest BCUT2D eigenvalue weighted by Gasteiger charge is 2.34. The van der Waals surface area contributed by atoms with Crippen molar-refractivity contribution in [2.24, 2.45) is 16.3 Å². The van der Waals surface area contributed by atoms with Crippen LogP contribution in [0.2, 0.25) is 0 Å². The van der Waals surface area contributed by atoms with Gasteiger partial charge in [-0.1, -0.05) is 32.8 Å². The number of nitrogens with zero attached hydrogens (tertiary/aromatic N) is 4. The number of hydrogen-bond donors (Lipinski definition) is 2. The summed E-state index contributed by atoms with van der Waals surface area (Å²) in [7, 11) is 1.84. The average molecular weight is 510 g/mol. The van der Waals surface area contributed by atoms with Gasteiger partial charge in [0, 0.05) is 38.7 Å². The number of guanidine groups is 1. The molecule has 7 heteroatoms. The van der Waals surface area contributed by atoms with Crippen molar-refractivity contribution in [2.75, 3.05) is 13.6 Å². The van der Waals surface area contributed by atoms with E-state index < -0.39 is 0 Å². The van der Waals surface area contributed by atoms with Gasteiger partial charge in [-0.3, -0.25) is 9.56 Å². The van der Waals surface area contributed by atoms with E-state index in [2.05, 4.69) is 45.5 Å². The van der Waals surface area contributed by atoms with Crippen molar-refractivity contribution in [2.45, 2.75) is 59.4 Å². The molecule has 2 aromatic rings. The molecule has 1 saturated carbocycles. The van der Waals surface area contributed by atoms with E-state index in [1.165, 1.54) is 32.1 Å². The summed E-state index contributed by atoms with van der Waals surface area (Å²) in [4.78, 5) is 13.2. The Morgan fingerprint density at radius 1 is 1.21 bits per heavy atom. The van der Waals surface area contributed by atoms with E-state index in [4.69, 9.17) is 0 Å². The smallest absolute Gasteiger partial charge is 0.191 e. The van der Waals surface area contributed by atoms with Crippen LogP contribution in [0.3, 0.4) is 0 Å². The average Bonchev–Trinajstić information content (AvgIpc) is 3.31. The molecule has 29 heavy (non-hydrogen) atoms. The number of rotatable bonds is 7. The SMILES string of the molecule is CN=C(NCc1ccc(-n2ccnc2C)nc1)NCC1(CC(C)C)CCCC1.I. The van der Waals surface area contributed by atoms with Gasteiger partial charge in [0.25, 0.3) is 0 Å². The molecule has 0 amide bonds. The number of nitrogens with one attached hydrogen (secondary N) is 2. The third-order valence-electron chi connectivity index (χ3n) is 5.70. The Bertz CT molecular complexity index is 775. The van der Waals surface area contributed by atoms with Crippen molar-refractivity contribution in [1.29, 1.82) is 0 Å². The lowest BCUT2D eigenvalue weighted by atomic mass is 9.78. The van der Waals surface area contributed by atoms with Gasteiger partial charge in [-0.15, -0.1) is 24.0 Å². The zero-order valence-corrected chi connectivity index (χ0v) is 20.4. The van der Waals surface area contributed by atoms with Crippen LogP contribution in [0.1, 0.15) is 57.3 Å². The fraction of sp³-hybridized carbons (Fsp3) is 0.591. The van der Waals surface area contributed by atoms with Crippen LogP contribution in [-0.4, -0.2) is 34.1 Å². The van der Waals surface area contributed by atoms with E-state index in [1.807, 2.05) is 37.0 Å². The Kier molecular flexibility index (Phi) is 8.92. The molecule has 2 heterocycles. The fourth-order valence-corrected chi connectivity index (χ4v) is 4.41. The second-order valence-electron chi connectivity index (χ2n) is 8.45. The molecule has 0 unspecified atom stereocenters. The van der Waals surface area contributed by atoms with Gasteiger partial charge in [0.05, 0.1) is 0 Å². The maximum absolute atomic E-state index is 4.56. The molecule has 2 aromatic heterocycles. The number of aryl methyl sites for hydroxylation is 1. The van der Waals surface area contributed by atoms with Gasteiger partial charge in [-0.25, -0.2) is 9.97 Å². The summed E-state index contributed by atoms with van der Waals surface area (Å²) in [6, 6.07) is 4.12. The molecule has 0 aromatic carbocycles. The Hall–Kier alpha value is -1.64. The third kappa shape index (κ3) is 6.42. The predicted molar refractivity (Wildman–Crippen MR) is 130 cm³/mol. The van der Waals surface area contributed by atoms with Crippen LogP contribution in [0.4, 0.5) is 0 Å². The summed E-state index contributed by atoms with van der Waals surface area (Å²) in [5.41, 5.74) is 1.56. The normalized spacial score (nSPS) is 16.0. The van der Waals surface area contributed by atoms with Crippen molar-refractivity contribution in [3.8, 4) is 5.82 Å². The highest BCUT2D eigenvalue weighted by molar-refractivity contribution is 14.0. The van der Waals surface area contributed by atoms with E-state index in [-0.39, 0.29) is 24.0 Å². The Labute approximate surface area is 192 Å². The summed E-state index contributed by atoms with van der Waals surface area (Å²) in [6.07, 6.45) is 12.3. The molecule has 2 N–H and O–H groups in total. The molecule has 0 bridgehead atoms. The maximum Gasteiger partial charge on any atom is 0.191 e. The number of aromatic nitrogens is 3. The van der Waals surface area contributed by atoms with Gasteiger partial charge in [-0.05, 0) is 49.1 Å². The molecule has 1 fully saturated rings. The Balaban J connectivity index is 0.00000300. The van der Waals surface area contributed by atoms with Gasteiger partial charge >= 0.3 is 0 Å². The molecule has 160 valence electrons. The predicted octanol–water partition coefficient (Wildman–Crippen LogP) is 4.47. The summed E-state index contributed by atoms with van der Waals surface area (Å²) >= 11 is 0. The highest BCUT2D eigenvalue weighted by Crippen LogP contribution is 2.42. The van der Waals surface area contributed by atoms with Crippen molar-refractivity contribution in [1.82, 2.24) is 25.2 Å². The monoisotopic (exact) mass is 510 g/mol. The third-order valence-corrected chi connectivity index (χ3v) is 5.70. The van der Waals surface area contributed by atoms with E-state index >= 15 is 0 Å². The molecule has 0 spiro atoms. The number of pyridine rings is 1. The zero-order chi connectivity index (χ0) is 20.0. The molecule has 3 rings (SSSR count). The number of hydrogen-bond acceptors (Lipinski definition) is 3. The lowest BCUT2D eigenvalue weighted by Crippen LogP contribution is -2.43. The van der Waals surface area contributed by atoms with E-state index in [0.717, 1.165) is 35.6 Å². The van der Waals surface area contributed by atoms with E-state index in [0.29, 0.717) is 12.0 Å². The van der Waals surface area contributed by atoms with E-state index in [9.17, 15) is 0 Å². The van der Waals surface area contributed by atoms with Crippen molar-refractivity contribution in [3.05, 3.63) is 42.1 Å². The van der Waals surface area contributed by atoms with Crippen LogP contribution >= 0.6 is 24.0 Å². The Morgan fingerprint density at radius 3 is 2.52 bits per heavy atom. The van der Waals surface area contributed by atoms with Crippen molar-refractivity contribution in [3.63, 3.8) is 0 Å². The lowest BCUT2D eigenvalue weighted by molar-refractivity contribution is 0.235. The van der Waals surface area contributed by atoms with E-state index in [1.54, 1.807) is 6.20 Å². The number of imidazole rings is 1. The minimum Gasteiger partial charge on any atom is -0.356 e. The van der Waals surface area contributed by atoms with Crippen LogP contribution in [-0.2, 0) is 6.54 Å². The fourth-order valence-electron chi connectivity index (χ4n) is 4.41. The molecule has 6 nitrogen and oxygen atoms in total. The van der Waals surface area contributed by atoms with Gasteiger partial charge < -0.3 is 10.6 Å². The first-order chi connectivity index (χ1) is 13.5.